The summed E-state index contributed by atoms with van der Waals surface area (Å²) in [7, 11) is 0. The van der Waals surface area contributed by atoms with Gasteiger partial charge in [-0.1, -0.05) is 48.5 Å². The third-order valence-corrected chi connectivity index (χ3v) is 4.63. The normalized spacial score (nSPS) is 19.2. The largest absolute Gasteiger partial charge is 0.444 e. The molecule has 0 aromatic heterocycles. The number of hydrogen-bond acceptors (Lipinski definition) is 5. The average Bonchev–Trinajstić information content (AvgIpc) is 2.90. The average molecular weight is 415 g/mol. The molecule has 0 spiro atoms. The highest BCUT2D eigenvalue weighted by atomic mass is 19.1. The number of halogens is 1. The predicted octanol–water partition coefficient (Wildman–Crippen LogP) is 3.53. The van der Waals surface area contributed by atoms with Crippen molar-refractivity contribution >= 4 is 17.7 Å². The lowest BCUT2D eigenvalue weighted by Gasteiger charge is -2.29. The Morgan fingerprint density at radius 1 is 1.20 bits per heavy atom. The Bertz CT molecular complexity index is 976. The van der Waals surface area contributed by atoms with Gasteiger partial charge in [-0.2, -0.15) is 4.39 Å². The summed E-state index contributed by atoms with van der Waals surface area (Å²) in [5, 5.41) is 13.6. The quantitative estimate of drug-likeness (QED) is 0.457. The molecule has 2 aromatic carbocycles. The number of ether oxygens (including phenoxy) is 1. The molecule has 9 heteroatoms. The molecule has 2 atom stereocenters. The number of nitro groups is 1. The van der Waals surface area contributed by atoms with Crippen molar-refractivity contribution in [3.05, 3.63) is 75.8 Å². The summed E-state index contributed by atoms with van der Waals surface area (Å²) in [5.74, 6) is -0.942. The van der Waals surface area contributed by atoms with Crippen molar-refractivity contribution in [1.29, 1.82) is 0 Å². The summed E-state index contributed by atoms with van der Waals surface area (Å²) in [4.78, 5) is 37.4. The van der Waals surface area contributed by atoms with Gasteiger partial charge in [0.05, 0.1) is 17.2 Å². The fourth-order valence-electron chi connectivity index (χ4n) is 3.44. The minimum atomic E-state index is -2.92. The van der Waals surface area contributed by atoms with Gasteiger partial charge in [-0.3, -0.25) is 20.2 Å². The van der Waals surface area contributed by atoms with Crippen LogP contribution in [0.2, 0.25) is 0 Å². The van der Waals surface area contributed by atoms with Crippen LogP contribution in [-0.2, 0) is 21.6 Å². The van der Waals surface area contributed by atoms with Gasteiger partial charge >= 0.3 is 12.4 Å². The summed E-state index contributed by atoms with van der Waals surface area (Å²) in [6.07, 6.45) is -4.05. The lowest BCUT2D eigenvalue weighted by molar-refractivity contribution is -0.564. The lowest BCUT2D eigenvalue weighted by atomic mass is 9.90. The van der Waals surface area contributed by atoms with E-state index in [-0.39, 0.29) is 17.8 Å². The molecule has 0 radical (unpaired) electrons. The van der Waals surface area contributed by atoms with Gasteiger partial charge in [0.25, 0.3) is 5.91 Å². The number of fused-ring (bicyclic) bond motifs is 1. The molecule has 0 bridgehead atoms. The minimum Gasteiger partial charge on any atom is -0.444 e. The first-order chi connectivity index (χ1) is 14.1. The first-order valence-electron chi connectivity index (χ1n) is 9.30. The minimum absolute atomic E-state index is 0.000917. The summed E-state index contributed by atoms with van der Waals surface area (Å²) in [6.45, 7) is 4.82. The van der Waals surface area contributed by atoms with Crippen molar-refractivity contribution in [3.8, 4) is 0 Å². The van der Waals surface area contributed by atoms with E-state index >= 15 is 4.39 Å². The molecule has 1 heterocycles. The van der Waals surface area contributed by atoms with E-state index in [1.807, 2.05) is 6.07 Å². The fraction of sp³-hybridized carbons (Fsp3) is 0.333. The van der Waals surface area contributed by atoms with Gasteiger partial charge < -0.3 is 9.64 Å². The molecular weight excluding hydrogens is 393 g/mol. The van der Waals surface area contributed by atoms with Gasteiger partial charge in [0.1, 0.15) is 5.60 Å². The van der Waals surface area contributed by atoms with Gasteiger partial charge in [0.15, 0.2) is 0 Å². The summed E-state index contributed by atoms with van der Waals surface area (Å²) in [6, 6.07) is 15.0. The second-order valence-electron chi connectivity index (χ2n) is 7.95. The molecular formula is C21H22FN3O5. The Hall–Kier alpha value is -3.49. The Labute approximate surface area is 172 Å². The predicted molar refractivity (Wildman–Crippen MR) is 107 cm³/mol. The number of carbonyl (C=O) groups is 2. The van der Waals surface area contributed by atoms with Crippen molar-refractivity contribution in [2.45, 2.75) is 44.8 Å². The highest BCUT2D eigenvalue weighted by molar-refractivity contribution is 6.09. The number of benzene rings is 2. The molecule has 1 aliphatic heterocycles. The van der Waals surface area contributed by atoms with E-state index in [0.29, 0.717) is 0 Å². The zero-order chi connectivity index (χ0) is 22.1. The molecule has 30 heavy (non-hydrogen) atoms. The Morgan fingerprint density at radius 2 is 1.80 bits per heavy atom. The Morgan fingerprint density at radius 3 is 2.40 bits per heavy atom. The molecule has 0 fully saturated rings. The Kier molecular flexibility index (Phi) is 5.47. The van der Waals surface area contributed by atoms with Gasteiger partial charge in [-0.15, -0.1) is 0 Å². The number of amides is 2. The van der Waals surface area contributed by atoms with E-state index in [4.69, 9.17) is 4.74 Å². The standard InChI is InChI=1S/C21H22FN3O5/c1-20(2,3)30-19(27)23-21(17(22)25(28)29)15-11-7-8-12-16(15)24(18(21)26)13-14-9-5-4-6-10-14/h4-12,17H,13H2,1-3H3,(H,23,27)/t17?,21-/m1/s1. The van der Waals surface area contributed by atoms with E-state index < -0.39 is 34.4 Å². The molecule has 0 saturated carbocycles. The molecule has 1 N–H and O–H groups in total. The molecule has 1 unspecified atom stereocenters. The van der Waals surface area contributed by atoms with Crippen LogP contribution in [0.3, 0.4) is 0 Å². The first-order valence-corrected chi connectivity index (χ1v) is 9.30. The molecule has 2 aromatic rings. The lowest BCUT2D eigenvalue weighted by Crippen LogP contribution is -2.61. The van der Waals surface area contributed by atoms with Crippen LogP contribution in [0.25, 0.3) is 0 Å². The van der Waals surface area contributed by atoms with Crippen molar-refractivity contribution in [2.24, 2.45) is 0 Å². The van der Waals surface area contributed by atoms with Gasteiger partial charge in [0.2, 0.25) is 5.54 Å². The van der Waals surface area contributed by atoms with Crippen LogP contribution in [0, 0.1) is 10.1 Å². The second kappa shape index (κ2) is 7.74. The van der Waals surface area contributed by atoms with E-state index in [9.17, 15) is 19.7 Å². The number of nitrogens with zero attached hydrogens (tertiary/aromatic N) is 2. The SMILES string of the molecule is CC(C)(C)OC(=O)N[C@]1(C(F)[N+](=O)[O-])C(=O)N(Cc2ccccc2)c2ccccc21. The molecule has 158 valence electrons. The van der Waals surface area contributed by atoms with E-state index in [1.165, 1.54) is 17.0 Å². The van der Waals surface area contributed by atoms with Crippen molar-refractivity contribution in [2.75, 3.05) is 4.90 Å². The smallest absolute Gasteiger partial charge is 0.409 e. The number of carbonyl (C=O) groups excluding carboxylic acids is 2. The summed E-state index contributed by atoms with van der Waals surface area (Å²) < 4.78 is 20.3. The van der Waals surface area contributed by atoms with Crippen LogP contribution in [0.1, 0.15) is 31.9 Å². The highest BCUT2D eigenvalue weighted by Crippen LogP contribution is 2.44. The van der Waals surface area contributed by atoms with Crippen molar-refractivity contribution in [3.63, 3.8) is 0 Å². The number of alkyl carbamates (subject to hydrolysis) is 1. The first kappa shape index (κ1) is 21.2. The van der Waals surface area contributed by atoms with E-state index in [2.05, 4.69) is 5.32 Å². The van der Waals surface area contributed by atoms with Gasteiger partial charge in [-0.05, 0) is 32.4 Å². The fourth-order valence-corrected chi connectivity index (χ4v) is 3.44. The third-order valence-electron chi connectivity index (χ3n) is 4.63. The van der Waals surface area contributed by atoms with Crippen LogP contribution < -0.4 is 10.2 Å². The monoisotopic (exact) mass is 415 g/mol. The van der Waals surface area contributed by atoms with Crippen LogP contribution in [0.5, 0.6) is 0 Å². The maximum Gasteiger partial charge on any atom is 0.409 e. The van der Waals surface area contributed by atoms with Crippen molar-refractivity contribution in [1.82, 2.24) is 5.32 Å². The molecule has 0 aliphatic carbocycles. The molecule has 0 saturated heterocycles. The van der Waals surface area contributed by atoms with Crippen molar-refractivity contribution < 1.29 is 23.6 Å². The maximum atomic E-state index is 15.1. The van der Waals surface area contributed by atoms with Gasteiger partial charge in [0, 0.05) is 5.56 Å². The topological polar surface area (TPSA) is 102 Å². The second-order valence-corrected chi connectivity index (χ2v) is 7.95. The maximum absolute atomic E-state index is 15.1. The summed E-state index contributed by atoms with van der Waals surface area (Å²) >= 11 is 0. The molecule has 8 nitrogen and oxygen atoms in total. The number of para-hydroxylation sites is 1. The van der Waals surface area contributed by atoms with E-state index in [0.717, 1.165) is 5.56 Å². The molecule has 2 amide bonds. The van der Waals surface area contributed by atoms with Crippen LogP contribution in [0.15, 0.2) is 54.6 Å². The summed E-state index contributed by atoms with van der Waals surface area (Å²) in [5.41, 5.74) is -2.47. The number of anilines is 1. The Balaban J connectivity index is 2.10. The van der Waals surface area contributed by atoms with Gasteiger partial charge in [-0.25, -0.2) is 4.79 Å². The number of hydrogen-bond donors (Lipinski definition) is 1. The number of rotatable bonds is 5. The third kappa shape index (κ3) is 3.83. The van der Waals surface area contributed by atoms with Crippen LogP contribution in [-0.4, -0.2) is 28.8 Å². The zero-order valence-electron chi connectivity index (χ0n) is 16.8. The molecule has 1 aliphatic rings. The number of nitrogens with one attached hydrogen (secondary N) is 1. The number of alkyl halides is 1. The van der Waals surface area contributed by atoms with Crippen LogP contribution in [0.4, 0.5) is 14.9 Å². The van der Waals surface area contributed by atoms with E-state index in [1.54, 1.807) is 57.2 Å². The molecule has 3 rings (SSSR count). The van der Waals surface area contributed by atoms with Crippen LogP contribution >= 0.6 is 0 Å². The highest BCUT2D eigenvalue weighted by Gasteiger charge is 2.63. The zero-order valence-corrected chi connectivity index (χ0v) is 16.8.